The lowest BCUT2D eigenvalue weighted by Gasteiger charge is -2.21. The molecule has 134 valence electrons. The minimum Gasteiger partial charge on any atom is -0.496 e. The topological polar surface area (TPSA) is 50.3 Å². The highest BCUT2D eigenvalue weighted by atomic mass is 16.5. The predicted octanol–water partition coefficient (Wildman–Crippen LogP) is 4.56. The van der Waals surface area contributed by atoms with Crippen LogP contribution in [0.1, 0.15) is 18.1 Å². The minimum atomic E-state index is 0.636. The first-order valence-electron chi connectivity index (χ1n) is 8.74. The number of para-hydroxylation sites is 1. The molecule has 26 heavy (non-hydrogen) atoms. The fourth-order valence-electron chi connectivity index (χ4n) is 2.85. The van der Waals surface area contributed by atoms with Crippen LogP contribution in [-0.4, -0.2) is 23.6 Å². The molecule has 2 aromatic carbocycles. The van der Waals surface area contributed by atoms with Crippen LogP contribution in [0.2, 0.25) is 0 Å². The zero-order chi connectivity index (χ0) is 18.4. The summed E-state index contributed by atoms with van der Waals surface area (Å²) in [6.45, 7) is 5.61. The van der Waals surface area contributed by atoms with Crippen molar-refractivity contribution in [2.45, 2.75) is 20.4 Å². The van der Waals surface area contributed by atoms with Crippen molar-refractivity contribution in [3.05, 3.63) is 71.9 Å². The number of methoxy groups -OCH3 is 1. The lowest BCUT2D eigenvalue weighted by molar-refractivity contribution is 0.410. The van der Waals surface area contributed by atoms with E-state index in [9.17, 15) is 0 Å². The molecule has 3 aromatic rings. The zero-order valence-electron chi connectivity index (χ0n) is 15.4. The van der Waals surface area contributed by atoms with Gasteiger partial charge in [0, 0.05) is 30.5 Å². The molecule has 0 saturated heterocycles. The van der Waals surface area contributed by atoms with Gasteiger partial charge < -0.3 is 15.0 Å². The van der Waals surface area contributed by atoms with Crippen LogP contribution in [-0.2, 0) is 6.54 Å². The molecule has 0 unspecified atom stereocenters. The van der Waals surface area contributed by atoms with Gasteiger partial charge in [-0.25, -0.2) is 4.98 Å². The van der Waals surface area contributed by atoms with Crippen molar-refractivity contribution < 1.29 is 4.74 Å². The van der Waals surface area contributed by atoms with Gasteiger partial charge in [-0.1, -0.05) is 30.3 Å². The molecule has 0 amide bonds. The Hall–Kier alpha value is -3.08. The summed E-state index contributed by atoms with van der Waals surface area (Å²) in [6, 6.07) is 18.2. The Kier molecular flexibility index (Phi) is 5.69. The van der Waals surface area contributed by atoms with E-state index in [-0.39, 0.29) is 0 Å². The van der Waals surface area contributed by atoms with Crippen LogP contribution in [0.15, 0.2) is 60.8 Å². The number of hydrogen-bond acceptors (Lipinski definition) is 5. The Morgan fingerprint density at radius 2 is 1.92 bits per heavy atom. The maximum absolute atomic E-state index is 5.40. The number of rotatable bonds is 7. The van der Waals surface area contributed by atoms with E-state index in [0.717, 1.165) is 29.4 Å². The molecule has 3 rings (SSSR count). The second-order valence-corrected chi connectivity index (χ2v) is 5.99. The monoisotopic (exact) mass is 348 g/mol. The van der Waals surface area contributed by atoms with Gasteiger partial charge in [0.05, 0.1) is 7.11 Å². The van der Waals surface area contributed by atoms with Crippen LogP contribution in [0.5, 0.6) is 5.75 Å². The summed E-state index contributed by atoms with van der Waals surface area (Å²) >= 11 is 0. The number of hydrogen-bond donors (Lipinski definition) is 1. The van der Waals surface area contributed by atoms with E-state index in [2.05, 4.69) is 58.3 Å². The van der Waals surface area contributed by atoms with Crippen molar-refractivity contribution in [3.8, 4) is 5.75 Å². The lowest BCUT2D eigenvalue weighted by atomic mass is 10.2. The van der Waals surface area contributed by atoms with Crippen molar-refractivity contribution in [1.82, 2.24) is 9.97 Å². The van der Waals surface area contributed by atoms with Crippen LogP contribution in [0, 0.1) is 6.92 Å². The van der Waals surface area contributed by atoms with Gasteiger partial charge >= 0.3 is 0 Å². The molecule has 0 aliphatic rings. The normalized spacial score (nSPS) is 10.4. The summed E-state index contributed by atoms with van der Waals surface area (Å²) in [7, 11) is 1.68. The third-order valence-electron chi connectivity index (χ3n) is 4.17. The molecule has 5 nitrogen and oxygen atoms in total. The van der Waals surface area contributed by atoms with Gasteiger partial charge in [0.1, 0.15) is 11.6 Å². The lowest BCUT2D eigenvalue weighted by Crippen LogP contribution is -2.19. The van der Waals surface area contributed by atoms with Crippen molar-refractivity contribution in [3.63, 3.8) is 0 Å². The molecule has 0 spiro atoms. The first-order chi connectivity index (χ1) is 12.7. The van der Waals surface area contributed by atoms with Gasteiger partial charge in [-0.15, -0.1) is 0 Å². The number of aryl methyl sites for hydroxylation is 1. The van der Waals surface area contributed by atoms with E-state index in [4.69, 9.17) is 4.74 Å². The number of benzene rings is 2. The highest BCUT2D eigenvalue weighted by Gasteiger charge is 2.11. The smallest absolute Gasteiger partial charge is 0.231 e. The van der Waals surface area contributed by atoms with Crippen molar-refractivity contribution in [2.24, 2.45) is 0 Å². The summed E-state index contributed by atoms with van der Waals surface area (Å²) in [5.74, 6) is 2.33. The Labute approximate surface area is 154 Å². The van der Waals surface area contributed by atoms with E-state index in [1.165, 1.54) is 5.56 Å². The van der Waals surface area contributed by atoms with Gasteiger partial charge in [0.2, 0.25) is 5.95 Å². The highest BCUT2D eigenvalue weighted by molar-refractivity contribution is 5.59. The van der Waals surface area contributed by atoms with Crippen LogP contribution in [0.4, 0.5) is 17.5 Å². The van der Waals surface area contributed by atoms with Crippen LogP contribution < -0.4 is 15.0 Å². The SMILES string of the molecule is CCN(c1cccc(C)c1)c1nccc(NCc2ccccc2OC)n1. The summed E-state index contributed by atoms with van der Waals surface area (Å²) in [5.41, 5.74) is 3.39. The Balaban J connectivity index is 1.79. The summed E-state index contributed by atoms with van der Waals surface area (Å²) < 4.78 is 5.40. The number of nitrogens with zero attached hydrogens (tertiary/aromatic N) is 3. The molecule has 1 N–H and O–H groups in total. The number of anilines is 3. The average molecular weight is 348 g/mol. The molecule has 0 fully saturated rings. The van der Waals surface area contributed by atoms with E-state index in [1.54, 1.807) is 13.3 Å². The van der Waals surface area contributed by atoms with Crippen LogP contribution >= 0.6 is 0 Å². The molecule has 0 saturated carbocycles. The summed E-state index contributed by atoms with van der Waals surface area (Å²) in [4.78, 5) is 11.2. The largest absolute Gasteiger partial charge is 0.496 e. The molecule has 0 radical (unpaired) electrons. The van der Waals surface area contributed by atoms with Crippen molar-refractivity contribution in [1.29, 1.82) is 0 Å². The molecular formula is C21H24N4O. The summed E-state index contributed by atoms with van der Waals surface area (Å²) in [5, 5.41) is 3.36. The third kappa shape index (κ3) is 4.11. The molecule has 0 aliphatic heterocycles. The van der Waals surface area contributed by atoms with E-state index in [0.29, 0.717) is 12.5 Å². The Morgan fingerprint density at radius 1 is 1.08 bits per heavy atom. The first kappa shape index (κ1) is 17.7. The fraction of sp³-hybridized carbons (Fsp3) is 0.238. The highest BCUT2D eigenvalue weighted by Crippen LogP contribution is 2.24. The third-order valence-corrected chi connectivity index (χ3v) is 4.17. The Morgan fingerprint density at radius 3 is 2.69 bits per heavy atom. The fourth-order valence-corrected chi connectivity index (χ4v) is 2.85. The van der Waals surface area contributed by atoms with E-state index in [1.807, 2.05) is 30.3 Å². The number of ether oxygens (including phenoxy) is 1. The second-order valence-electron chi connectivity index (χ2n) is 5.99. The molecule has 0 aliphatic carbocycles. The predicted molar refractivity (Wildman–Crippen MR) is 106 cm³/mol. The van der Waals surface area contributed by atoms with Gasteiger partial charge in [-0.05, 0) is 43.7 Å². The molecule has 1 aromatic heterocycles. The van der Waals surface area contributed by atoms with Crippen molar-refractivity contribution >= 4 is 17.5 Å². The number of nitrogens with one attached hydrogen (secondary N) is 1. The maximum atomic E-state index is 5.40. The standard InChI is InChI=1S/C21H24N4O/c1-4-25(18-10-7-8-16(2)14-18)21-22-13-12-20(24-21)23-15-17-9-5-6-11-19(17)26-3/h5-14H,4,15H2,1-3H3,(H,22,23,24). The molecule has 5 heteroatoms. The quantitative estimate of drug-likeness (QED) is 0.678. The molecule has 0 bridgehead atoms. The minimum absolute atomic E-state index is 0.636. The maximum Gasteiger partial charge on any atom is 0.231 e. The van der Waals surface area contributed by atoms with Crippen LogP contribution in [0.3, 0.4) is 0 Å². The Bertz CT molecular complexity index is 866. The van der Waals surface area contributed by atoms with E-state index >= 15 is 0 Å². The summed E-state index contributed by atoms with van der Waals surface area (Å²) in [6.07, 6.45) is 1.78. The molecular weight excluding hydrogens is 324 g/mol. The van der Waals surface area contributed by atoms with Gasteiger partial charge in [0.15, 0.2) is 0 Å². The first-order valence-corrected chi connectivity index (χ1v) is 8.74. The second kappa shape index (κ2) is 8.34. The number of aromatic nitrogens is 2. The average Bonchev–Trinajstić information content (AvgIpc) is 2.68. The van der Waals surface area contributed by atoms with Gasteiger partial charge in [-0.3, -0.25) is 0 Å². The molecule has 0 atom stereocenters. The zero-order valence-corrected chi connectivity index (χ0v) is 15.4. The molecule has 1 heterocycles. The van der Waals surface area contributed by atoms with Gasteiger partial charge in [0.25, 0.3) is 0 Å². The van der Waals surface area contributed by atoms with Crippen molar-refractivity contribution in [2.75, 3.05) is 23.9 Å². The van der Waals surface area contributed by atoms with E-state index < -0.39 is 0 Å². The van der Waals surface area contributed by atoms with Crippen LogP contribution in [0.25, 0.3) is 0 Å². The van der Waals surface area contributed by atoms with Gasteiger partial charge in [-0.2, -0.15) is 4.98 Å².